The molecule has 206 valence electrons. The fourth-order valence-corrected chi connectivity index (χ4v) is 10.8. The number of ether oxygens (including phenoxy) is 1. The number of carbonyl (C=O) groups is 1. The molecule has 0 aromatic rings. The number of allylic oxidation sites excluding steroid dienone is 2. The van der Waals surface area contributed by atoms with Crippen molar-refractivity contribution in [2.75, 3.05) is 0 Å². The summed E-state index contributed by atoms with van der Waals surface area (Å²) in [5, 5.41) is 23.2. The topological polar surface area (TPSA) is 66.8 Å². The van der Waals surface area contributed by atoms with Crippen molar-refractivity contribution in [2.45, 2.75) is 138 Å². The van der Waals surface area contributed by atoms with Crippen LogP contribution in [0, 0.1) is 45.3 Å². The van der Waals surface area contributed by atoms with Crippen LogP contribution in [-0.4, -0.2) is 34.0 Å². The van der Waals surface area contributed by atoms with Gasteiger partial charge in [0, 0.05) is 18.3 Å². The van der Waals surface area contributed by atoms with Crippen molar-refractivity contribution < 1.29 is 19.7 Å². The lowest BCUT2D eigenvalue weighted by atomic mass is 9.35. The Labute approximate surface area is 220 Å². The lowest BCUT2D eigenvalue weighted by Crippen LogP contribution is -2.64. The van der Waals surface area contributed by atoms with Crippen LogP contribution in [0.15, 0.2) is 11.6 Å². The van der Waals surface area contributed by atoms with Gasteiger partial charge in [-0.05, 0) is 113 Å². The van der Waals surface area contributed by atoms with Crippen LogP contribution in [0.3, 0.4) is 0 Å². The Balaban J connectivity index is 1.63. The lowest BCUT2D eigenvalue weighted by molar-refractivity contribution is -0.229. The third-order valence-corrected chi connectivity index (χ3v) is 12.6. The van der Waals surface area contributed by atoms with Gasteiger partial charge in [-0.25, -0.2) is 0 Å². The summed E-state index contributed by atoms with van der Waals surface area (Å²) in [6, 6.07) is 0. The number of hydrogen-bond acceptors (Lipinski definition) is 4. The average molecular weight is 503 g/mol. The van der Waals surface area contributed by atoms with Gasteiger partial charge in [0.15, 0.2) is 0 Å². The van der Waals surface area contributed by atoms with E-state index in [-0.39, 0.29) is 39.7 Å². The third kappa shape index (κ3) is 4.12. The zero-order chi connectivity index (χ0) is 26.9. The summed E-state index contributed by atoms with van der Waals surface area (Å²) in [4.78, 5) is 11.9. The summed E-state index contributed by atoms with van der Waals surface area (Å²) in [5.41, 5.74) is 0.748. The molecule has 10 atom stereocenters. The molecule has 0 aromatic heterocycles. The number of fused-ring (bicyclic) bond motifs is 5. The summed E-state index contributed by atoms with van der Waals surface area (Å²) in [7, 11) is 0. The molecule has 10 unspecified atom stereocenters. The van der Waals surface area contributed by atoms with Crippen LogP contribution in [0.25, 0.3) is 0 Å². The van der Waals surface area contributed by atoms with Crippen molar-refractivity contribution in [1.29, 1.82) is 0 Å². The highest BCUT2D eigenvalue weighted by Crippen LogP contribution is 2.75. The summed E-state index contributed by atoms with van der Waals surface area (Å²) < 4.78 is 5.86. The van der Waals surface area contributed by atoms with Crippen molar-refractivity contribution in [3.63, 3.8) is 0 Å². The molecule has 0 saturated heterocycles. The van der Waals surface area contributed by atoms with Gasteiger partial charge in [0.2, 0.25) is 0 Å². The maximum Gasteiger partial charge on any atom is 0.302 e. The van der Waals surface area contributed by atoms with Crippen molar-refractivity contribution >= 4 is 5.97 Å². The predicted octanol–water partition coefficient (Wildman–Crippen LogP) is 7.07. The summed E-state index contributed by atoms with van der Waals surface area (Å²) >= 11 is 0. The van der Waals surface area contributed by atoms with E-state index in [9.17, 15) is 15.0 Å². The number of aliphatic hydroxyl groups excluding tert-OH is 1. The lowest BCUT2D eigenvalue weighted by Gasteiger charge is -2.70. The molecular formula is C32H54O4. The van der Waals surface area contributed by atoms with Gasteiger partial charge in [-0.1, -0.05) is 46.3 Å². The number of hydrogen-bond donors (Lipinski definition) is 2. The Hall–Kier alpha value is -0.870. The van der Waals surface area contributed by atoms with E-state index in [1.165, 1.54) is 12.0 Å². The van der Waals surface area contributed by atoms with Gasteiger partial charge in [-0.15, -0.1) is 0 Å². The Morgan fingerprint density at radius 2 is 1.64 bits per heavy atom. The minimum absolute atomic E-state index is 0.00190. The standard InChI is InChI=1S/C32H54O4/c1-20(2)11-10-16-32(9,35)27-22-12-13-25-29(6)17-15-26(36-21(3)33)28(4,5)24(29)14-18-30(25,7)31(22,8)19-23(27)34/h11,22-27,34-35H,10,12-19H2,1-9H3. The number of aliphatic hydroxyl groups is 2. The number of esters is 1. The van der Waals surface area contributed by atoms with Crippen molar-refractivity contribution in [3.8, 4) is 0 Å². The maximum atomic E-state index is 11.9. The SMILES string of the molecule is CC(=O)OC1CCC2(C)C(CCC3(C)C2CCC2C(C(C)(O)CCC=C(C)C)C(O)CC23C)C1(C)C. The van der Waals surface area contributed by atoms with E-state index in [1.807, 2.05) is 6.92 Å². The molecule has 4 fully saturated rings. The molecule has 0 amide bonds. The van der Waals surface area contributed by atoms with Gasteiger partial charge in [0.25, 0.3) is 0 Å². The largest absolute Gasteiger partial charge is 0.462 e. The van der Waals surface area contributed by atoms with Gasteiger partial charge in [-0.2, -0.15) is 0 Å². The highest BCUT2D eigenvalue weighted by molar-refractivity contribution is 5.66. The summed E-state index contributed by atoms with van der Waals surface area (Å²) in [6.07, 6.45) is 10.7. The Morgan fingerprint density at radius 1 is 0.972 bits per heavy atom. The second-order valence-corrected chi connectivity index (χ2v) is 15.1. The van der Waals surface area contributed by atoms with Crippen molar-refractivity contribution in [1.82, 2.24) is 0 Å². The molecule has 4 saturated carbocycles. The van der Waals surface area contributed by atoms with Crippen LogP contribution in [-0.2, 0) is 9.53 Å². The highest BCUT2D eigenvalue weighted by Gasteiger charge is 2.71. The van der Waals surface area contributed by atoms with E-state index in [4.69, 9.17) is 4.74 Å². The van der Waals surface area contributed by atoms with E-state index < -0.39 is 11.7 Å². The second kappa shape index (κ2) is 9.11. The molecule has 0 spiro atoms. The van der Waals surface area contributed by atoms with Crippen LogP contribution in [0.5, 0.6) is 0 Å². The second-order valence-electron chi connectivity index (χ2n) is 15.1. The molecule has 0 bridgehead atoms. The number of carbonyl (C=O) groups excluding carboxylic acids is 1. The van der Waals surface area contributed by atoms with Crippen LogP contribution >= 0.6 is 0 Å². The van der Waals surface area contributed by atoms with E-state index >= 15 is 0 Å². The average Bonchev–Trinajstić information content (AvgIpc) is 3.01. The summed E-state index contributed by atoms with van der Waals surface area (Å²) in [6.45, 7) is 19.9. The molecule has 4 rings (SSSR count). The molecule has 36 heavy (non-hydrogen) atoms. The first kappa shape index (κ1) is 28.1. The Bertz CT molecular complexity index is 885. The van der Waals surface area contributed by atoms with Crippen molar-refractivity contribution in [2.24, 2.45) is 45.3 Å². The zero-order valence-electron chi connectivity index (χ0n) is 24.6. The van der Waals surface area contributed by atoms with Crippen molar-refractivity contribution in [3.05, 3.63) is 11.6 Å². The van der Waals surface area contributed by atoms with Gasteiger partial charge in [-0.3, -0.25) is 4.79 Å². The van der Waals surface area contributed by atoms with Crippen LogP contribution in [0.4, 0.5) is 0 Å². The molecule has 0 radical (unpaired) electrons. The fraction of sp³-hybridized carbons (Fsp3) is 0.906. The Kier molecular flexibility index (Phi) is 7.12. The van der Waals surface area contributed by atoms with E-state index in [2.05, 4.69) is 54.5 Å². The van der Waals surface area contributed by atoms with E-state index in [0.717, 1.165) is 44.9 Å². The normalized spacial score (nSPS) is 47.1. The quantitative estimate of drug-likeness (QED) is 0.312. The first-order valence-electron chi connectivity index (χ1n) is 14.7. The van der Waals surface area contributed by atoms with Crippen LogP contribution in [0.1, 0.15) is 120 Å². The van der Waals surface area contributed by atoms with E-state index in [0.29, 0.717) is 24.2 Å². The molecule has 4 nitrogen and oxygen atoms in total. The van der Waals surface area contributed by atoms with E-state index in [1.54, 1.807) is 6.92 Å². The van der Waals surface area contributed by atoms with Gasteiger partial charge < -0.3 is 14.9 Å². The maximum absolute atomic E-state index is 11.9. The first-order valence-corrected chi connectivity index (χ1v) is 14.7. The third-order valence-electron chi connectivity index (χ3n) is 12.6. The Morgan fingerprint density at radius 3 is 2.25 bits per heavy atom. The van der Waals surface area contributed by atoms with Gasteiger partial charge >= 0.3 is 5.97 Å². The fourth-order valence-electron chi connectivity index (χ4n) is 10.8. The zero-order valence-corrected chi connectivity index (χ0v) is 24.6. The molecule has 4 aliphatic rings. The minimum Gasteiger partial charge on any atom is -0.462 e. The predicted molar refractivity (Wildman–Crippen MR) is 145 cm³/mol. The first-order chi connectivity index (χ1) is 16.5. The number of rotatable bonds is 5. The molecular weight excluding hydrogens is 448 g/mol. The molecule has 0 heterocycles. The molecule has 4 aliphatic carbocycles. The minimum atomic E-state index is -0.859. The van der Waals surface area contributed by atoms with Crippen LogP contribution in [0.2, 0.25) is 0 Å². The van der Waals surface area contributed by atoms with Crippen LogP contribution < -0.4 is 0 Å². The monoisotopic (exact) mass is 502 g/mol. The van der Waals surface area contributed by atoms with Gasteiger partial charge in [0.1, 0.15) is 6.10 Å². The summed E-state index contributed by atoms with van der Waals surface area (Å²) in [5.74, 6) is 1.24. The molecule has 4 heteroatoms. The van der Waals surface area contributed by atoms with Gasteiger partial charge in [0.05, 0.1) is 11.7 Å². The molecule has 0 aromatic carbocycles. The highest BCUT2D eigenvalue weighted by atomic mass is 16.5. The smallest absolute Gasteiger partial charge is 0.302 e. The molecule has 2 N–H and O–H groups in total. The molecule has 0 aliphatic heterocycles.